The Morgan fingerprint density at radius 1 is 1.28 bits per heavy atom. The van der Waals surface area contributed by atoms with Gasteiger partial charge in [-0.3, -0.25) is 9.59 Å². The second kappa shape index (κ2) is 10.1. The molecule has 1 aromatic heterocycles. The summed E-state index contributed by atoms with van der Waals surface area (Å²) in [5.74, 6) is -0.745. The van der Waals surface area contributed by atoms with E-state index in [2.05, 4.69) is 20.9 Å². The summed E-state index contributed by atoms with van der Waals surface area (Å²) in [4.78, 5) is 29.1. The predicted octanol–water partition coefficient (Wildman–Crippen LogP) is 0.111. The molecule has 2 heterocycles. The highest BCUT2D eigenvalue weighted by Crippen LogP contribution is 2.12. The van der Waals surface area contributed by atoms with Crippen molar-refractivity contribution in [2.45, 2.75) is 18.6 Å². The van der Waals surface area contributed by atoms with Crippen LogP contribution in [0.15, 0.2) is 42.5 Å². The molecule has 29 heavy (non-hydrogen) atoms. The van der Waals surface area contributed by atoms with E-state index in [-0.39, 0.29) is 30.2 Å². The summed E-state index contributed by atoms with van der Waals surface area (Å²) in [5.41, 5.74) is 2.13. The SMILES string of the molecule is CNC(=O)c1cc(C(=O)NCC(O)[C@@H]2CNCCO2)cc(Cc2ccccc2)n1. The zero-order chi connectivity index (χ0) is 20.6. The number of aromatic nitrogens is 1. The number of nitrogens with zero attached hydrogens (tertiary/aromatic N) is 1. The predicted molar refractivity (Wildman–Crippen MR) is 108 cm³/mol. The number of carbonyl (C=O) groups is 2. The monoisotopic (exact) mass is 398 g/mol. The zero-order valence-electron chi connectivity index (χ0n) is 16.4. The fourth-order valence-corrected chi connectivity index (χ4v) is 3.12. The minimum atomic E-state index is -0.823. The summed E-state index contributed by atoms with van der Waals surface area (Å²) in [6, 6.07) is 12.8. The fourth-order valence-electron chi connectivity index (χ4n) is 3.12. The third-order valence-electron chi connectivity index (χ3n) is 4.69. The molecule has 8 nitrogen and oxygen atoms in total. The molecule has 1 aromatic carbocycles. The molecule has 154 valence electrons. The van der Waals surface area contributed by atoms with Gasteiger partial charge in [0.1, 0.15) is 5.69 Å². The highest BCUT2D eigenvalue weighted by atomic mass is 16.5. The van der Waals surface area contributed by atoms with Crippen LogP contribution in [0.4, 0.5) is 0 Å². The number of aliphatic hydroxyl groups is 1. The lowest BCUT2D eigenvalue weighted by Gasteiger charge is -2.27. The van der Waals surface area contributed by atoms with Crippen molar-refractivity contribution in [1.29, 1.82) is 0 Å². The summed E-state index contributed by atoms with van der Waals surface area (Å²) < 4.78 is 5.50. The van der Waals surface area contributed by atoms with Gasteiger partial charge in [-0.25, -0.2) is 4.98 Å². The summed E-state index contributed by atoms with van der Waals surface area (Å²) in [7, 11) is 1.52. The van der Waals surface area contributed by atoms with Crippen LogP contribution >= 0.6 is 0 Å². The molecule has 1 fully saturated rings. The van der Waals surface area contributed by atoms with Crippen molar-refractivity contribution >= 4 is 11.8 Å². The number of pyridine rings is 1. The lowest BCUT2D eigenvalue weighted by molar-refractivity contribution is -0.0502. The fraction of sp³-hybridized carbons (Fsp3) is 0.381. The number of hydrogen-bond donors (Lipinski definition) is 4. The first-order valence-corrected chi connectivity index (χ1v) is 9.62. The smallest absolute Gasteiger partial charge is 0.269 e. The van der Waals surface area contributed by atoms with Gasteiger partial charge < -0.3 is 25.8 Å². The zero-order valence-corrected chi connectivity index (χ0v) is 16.4. The first-order valence-electron chi connectivity index (χ1n) is 9.62. The van der Waals surface area contributed by atoms with Crippen LogP contribution in [0.1, 0.15) is 32.1 Å². The molecule has 1 aliphatic rings. The van der Waals surface area contributed by atoms with Crippen LogP contribution in [0.2, 0.25) is 0 Å². The number of amides is 2. The third-order valence-corrected chi connectivity index (χ3v) is 4.69. The van der Waals surface area contributed by atoms with Gasteiger partial charge in [0, 0.05) is 44.4 Å². The standard InChI is InChI=1S/C21H26N4O4/c1-22-21(28)17-11-15(10-16(25-17)9-14-5-3-2-4-6-14)20(27)24-12-18(26)19-13-23-7-8-29-19/h2-6,10-11,18-19,23,26H,7-9,12-13H2,1H3,(H,22,28)(H,24,27)/t18?,19-/m0/s1. The van der Waals surface area contributed by atoms with Crippen molar-refractivity contribution in [2.75, 3.05) is 33.3 Å². The topological polar surface area (TPSA) is 113 Å². The Morgan fingerprint density at radius 3 is 2.76 bits per heavy atom. The van der Waals surface area contributed by atoms with Crippen molar-refractivity contribution < 1.29 is 19.4 Å². The Balaban J connectivity index is 1.72. The number of hydrogen-bond acceptors (Lipinski definition) is 6. The van der Waals surface area contributed by atoms with Crippen molar-refractivity contribution in [3.8, 4) is 0 Å². The summed E-state index contributed by atoms with van der Waals surface area (Å²) in [6.07, 6.45) is -0.691. The van der Waals surface area contributed by atoms with Crippen molar-refractivity contribution in [2.24, 2.45) is 0 Å². The number of rotatable bonds is 7. The van der Waals surface area contributed by atoms with E-state index in [1.165, 1.54) is 13.1 Å². The van der Waals surface area contributed by atoms with Crippen LogP contribution in [-0.4, -0.2) is 67.4 Å². The minimum absolute atomic E-state index is 0.0524. The van der Waals surface area contributed by atoms with Crippen LogP contribution in [0.3, 0.4) is 0 Å². The Morgan fingerprint density at radius 2 is 2.07 bits per heavy atom. The lowest BCUT2D eigenvalue weighted by Crippen LogP contribution is -2.49. The molecule has 8 heteroatoms. The molecular weight excluding hydrogens is 372 g/mol. The molecule has 0 aliphatic carbocycles. The first-order chi connectivity index (χ1) is 14.1. The largest absolute Gasteiger partial charge is 0.389 e. The second-order valence-electron chi connectivity index (χ2n) is 6.86. The number of ether oxygens (including phenoxy) is 1. The van der Waals surface area contributed by atoms with Gasteiger partial charge in [-0.05, 0) is 17.7 Å². The Kier molecular flexibility index (Phi) is 7.29. The number of benzene rings is 1. The third kappa shape index (κ3) is 5.83. The average molecular weight is 398 g/mol. The molecule has 1 aliphatic heterocycles. The Labute approximate surface area is 169 Å². The molecule has 0 saturated carbocycles. The van der Waals surface area contributed by atoms with E-state index in [9.17, 15) is 14.7 Å². The average Bonchev–Trinajstić information content (AvgIpc) is 2.77. The molecule has 1 saturated heterocycles. The van der Waals surface area contributed by atoms with Gasteiger partial charge >= 0.3 is 0 Å². The van der Waals surface area contributed by atoms with E-state index in [0.717, 1.165) is 12.1 Å². The Bertz CT molecular complexity index is 838. The van der Waals surface area contributed by atoms with Gasteiger partial charge in [-0.15, -0.1) is 0 Å². The molecule has 2 atom stereocenters. The maximum absolute atomic E-state index is 12.7. The van der Waals surface area contributed by atoms with E-state index in [4.69, 9.17) is 4.74 Å². The Hall–Kier alpha value is -2.81. The van der Waals surface area contributed by atoms with Crippen LogP contribution < -0.4 is 16.0 Å². The molecule has 3 rings (SSSR count). The minimum Gasteiger partial charge on any atom is -0.389 e. The van der Waals surface area contributed by atoms with Gasteiger partial charge in [0.2, 0.25) is 0 Å². The molecule has 2 amide bonds. The molecule has 4 N–H and O–H groups in total. The number of morpholine rings is 1. The maximum Gasteiger partial charge on any atom is 0.269 e. The quantitative estimate of drug-likeness (QED) is 0.527. The van der Waals surface area contributed by atoms with Crippen molar-refractivity contribution in [1.82, 2.24) is 20.9 Å². The lowest BCUT2D eigenvalue weighted by atomic mass is 10.1. The van der Waals surface area contributed by atoms with Crippen molar-refractivity contribution in [3.63, 3.8) is 0 Å². The first kappa shape index (κ1) is 20.9. The second-order valence-corrected chi connectivity index (χ2v) is 6.86. The summed E-state index contributed by atoms with van der Waals surface area (Å²) >= 11 is 0. The van der Waals surface area contributed by atoms with E-state index < -0.39 is 6.10 Å². The number of carbonyl (C=O) groups excluding carboxylic acids is 2. The van der Waals surface area contributed by atoms with Crippen LogP contribution in [-0.2, 0) is 11.2 Å². The molecule has 0 radical (unpaired) electrons. The van der Waals surface area contributed by atoms with Gasteiger partial charge in [0.15, 0.2) is 0 Å². The highest BCUT2D eigenvalue weighted by Gasteiger charge is 2.23. The van der Waals surface area contributed by atoms with Crippen LogP contribution in [0.5, 0.6) is 0 Å². The van der Waals surface area contributed by atoms with Gasteiger partial charge in [-0.1, -0.05) is 30.3 Å². The molecule has 2 aromatic rings. The van der Waals surface area contributed by atoms with Gasteiger partial charge in [0.25, 0.3) is 11.8 Å². The molecule has 0 bridgehead atoms. The van der Waals surface area contributed by atoms with E-state index in [0.29, 0.717) is 30.8 Å². The summed E-state index contributed by atoms with van der Waals surface area (Å²) in [5, 5.41) is 18.6. The van der Waals surface area contributed by atoms with Gasteiger partial charge in [0.05, 0.1) is 18.8 Å². The normalized spacial score (nSPS) is 17.4. The highest BCUT2D eigenvalue weighted by molar-refractivity contribution is 5.98. The summed E-state index contributed by atoms with van der Waals surface area (Å²) in [6.45, 7) is 1.86. The molecule has 1 unspecified atom stereocenters. The van der Waals surface area contributed by atoms with Gasteiger partial charge in [-0.2, -0.15) is 0 Å². The molecular formula is C21H26N4O4. The van der Waals surface area contributed by atoms with E-state index in [1.807, 2.05) is 30.3 Å². The molecule has 0 spiro atoms. The van der Waals surface area contributed by atoms with Crippen LogP contribution in [0.25, 0.3) is 0 Å². The number of nitrogens with one attached hydrogen (secondary N) is 3. The van der Waals surface area contributed by atoms with Crippen molar-refractivity contribution in [3.05, 3.63) is 65.0 Å². The number of aliphatic hydroxyl groups excluding tert-OH is 1. The van der Waals surface area contributed by atoms with E-state index >= 15 is 0 Å². The van der Waals surface area contributed by atoms with Crippen LogP contribution in [0, 0.1) is 0 Å². The van der Waals surface area contributed by atoms with E-state index in [1.54, 1.807) is 6.07 Å². The maximum atomic E-state index is 12.7.